The molecule has 15 heteroatoms. The van der Waals surface area contributed by atoms with Crippen LogP contribution in [0, 0.1) is 5.82 Å². The highest BCUT2D eigenvalue weighted by molar-refractivity contribution is 6.01. The highest BCUT2D eigenvalue weighted by Crippen LogP contribution is 2.43. The summed E-state index contributed by atoms with van der Waals surface area (Å²) in [6.45, 7) is 1.37. The fraction of sp³-hybridized carbons (Fsp3) is 0.350. The van der Waals surface area contributed by atoms with Crippen LogP contribution in [0.25, 0.3) is 11.1 Å². The minimum atomic E-state index is -6.40. The van der Waals surface area contributed by atoms with E-state index < -0.39 is 41.2 Å². The third kappa shape index (κ3) is 5.95. The maximum absolute atomic E-state index is 14.1. The lowest BCUT2D eigenvalue weighted by molar-refractivity contribution is -0.265. The molecule has 0 bridgehead atoms. The summed E-state index contributed by atoms with van der Waals surface area (Å²) in [6, 6.07) is 3.48. The second-order valence-electron chi connectivity index (χ2n) is 7.02. The molecule has 0 radical (unpaired) electrons. The zero-order chi connectivity index (χ0) is 26.8. The van der Waals surface area contributed by atoms with E-state index in [1.807, 2.05) is 0 Å². The van der Waals surface area contributed by atoms with E-state index >= 15 is 0 Å². The number of aliphatic imine (C=N–C) groups is 1. The summed E-state index contributed by atoms with van der Waals surface area (Å²) in [4.78, 5) is 14.6. The zero-order valence-electron chi connectivity index (χ0n) is 18.0. The second-order valence-corrected chi connectivity index (χ2v) is 7.02. The standard InChI is InChI=1S/C20H18F9N5O/c1-3-14(35)32-7-11-6-10(4-5-13(11)21)12-8-33-34(9-12)17(31-2)15(19(24,25)26)16(30)18(22,23)20(27,28)29/h4-6,8-9H,3,7,30H2,1-2H3,(H,32,35). The number of allylic oxidation sites excluding steroid dienone is 2. The van der Waals surface area contributed by atoms with Gasteiger partial charge in [-0.15, -0.1) is 0 Å². The van der Waals surface area contributed by atoms with Gasteiger partial charge < -0.3 is 11.1 Å². The van der Waals surface area contributed by atoms with Gasteiger partial charge in [0.05, 0.1) is 6.20 Å². The van der Waals surface area contributed by atoms with Crippen molar-refractivity contribution in [1.29, 1.82) is 0 Å². The number of alkyl halides is 8. The Kier molecular flexibility index (Phi) is 7.92. The Balaban J connectivity index is 2.55. The van der Waals surface area contributed by atoms with Crippen LogP contribution in [0.1, 0.15) is 18.9 Å². The molecule has 0 saturated carbocycles. The van der Waals surface area contributed by atoms with Gasteiger partial charge in [-0.05, 0) is 17.7 Å². The monoisotopic (exact) mass is 515 g/mol. The maximum atomic E-state index is 14.1. The predicted molar refractivity (Wildman–Crippen MR) is 107 cm³/mol. The van der Waals surface area contributed by atoms with Gasteiger partial charge in [0.25, 0.3) is 0 Å². The van der Waals surface area contributed by atoms with Gasteiger partial charge in [0.1, 0.15) is 17.1 Å². The molecule has 35 heavy (non-hydrogen) atoms. The summed E-state index contributed by atoms with van der Waals surface area (Å²) in [7, 11) is 0.716. The predicted octanol–water partition coefficient (Wildman–Crippen LogP) is 4.56. The molecule has 6 nitrogen and oxygen atoms in total. The van der Waals surface area contributed by atoms with E-state index in [1.165, 1.54) is 12.1 Å². The summed E-state index contributed by atoms with van der Waals surface area (Å²) in [5.41, 5.74) is -0.379. The number of nitrogens with zero attached hydrogens (tertiary/aromatic N) is 3. The fourth-order valence-corrected chi connectivity index (χ4v) is 2.83. The third-order valence-electron chi connectivity index (χ3n) is 4.66. The Bertz CT molecular complexity index is 1150. The van der Waals surface area contributed by atoms with Gasteiger partial charge in [-0.3, -0.25) is 9.79 Å². The van der Waals surface area contributed by atoms with Crippen molar-refractivity contribution in [3.8, 4) is 11.1 Å². The molecule has 1 heterocycles. The maximum Gasteiger partial charge on any atom is 0.459 e. The van der Waals surface area contributed by atoms with E-state index in [-0.39, 0.29) is 35.6 Å². The van der Waals surface area contributed by atoms with Gasteiger partial charge in [-0.1, -0.05) is 13.0 Å². The van der Waals surface area contributed by atoms with Gasteiger partial charge in [-0.2, -0.15) is 40.2 Å². The lowest BCUT2D eigenvalue weighted by atomic mass is 10.1. The van der Waals surface area contributed by atoms with Crippen molar-refractivity contribution in [2.24, 2.45) is 10.7 Å². The number of amides is 1. The average molecular weight is 515 g/mol. The summed E-state index contributed by atoms with van der Waals surface area (Å²) < 4.78 is 121. The number of carbonyl (C=O) groups excluding carboxylic acids is 1. The summed E-state index contributed by atoms with van der Waals surface area (Å²) in [6.07, 6.45) is -10.2. The summed E-state index contributed by atoms with van der Waals surface area (Å²) in [5, 5.41) is 6.02. The molecule has 1 amide bonds. The smallest absolute Gasteiger partial charge is 0.396 e. The van der Waals surface area contributed by atoms with Crippen LogP contribution in [0.3, 0.4) is 0 Å². The number of carbonyl (C=O) groups is 1. The number of nitrogens with two attached hydrogens (primary N) is 1. The Hall–Kier alpha value is -3.52. The molecular formula is C20H18F9N5O. The number of hydrogen-bond donors (Lipinski definition) is 2. The number of hydrogen-bond acceptors (Lipinski definition) is 4. The van der Waals surface area contributed by atoms with Gasteiger partial charge in [-0.25, -0.2) is 9.07 Å². The first kappa shape index (κ1) is 27.7. The first-order valence-corrected chi connectivity index (χ1v) is 9.64. The van der Waals surface area contributed by atoms with Crippen molar-refractivity contribution < 1.29 is 44.3 Å². The summed E-state index contributed by atoms with van der Waals surface area (Å²) in [5.74, 6) is -8.51. The molecule has 192 valence electrons. The molecule has 3 N–H and O–H groups in total. The van der Waals surface area contributed by atoms with Crippen molar-refractivity contribution in [2.75, 3.05) is 7.05 Å². The molecule has 0 aliphatic rings. The first-order chi connectivity index (χ1) is 16.0. The highest BCUT2D eigenvalue weighted by Gasteiger charge is 2.62. The van der Waals surface area contributed by atoms with Crippen molar-refractivity contribution in [1.82, 2.24) is 15.1 Å². The number of nitrogens with one attached hydrogen (secondary N) is 1. The number of halogens is 9. The Morgan fingerprint density at radius 1 is 1.11 bits per heavy atom. The van der Waals surface area contributed by atoms with E-state index in [2.05, 4.69) is 15.4 Å². The van der Waals surface area contributed by atoms with Crippen LogP contribution in [0.4, 0.5) is 39.5 Å². The Labute approximate surface area is 192 Å². The van der Waals surface area contributed by atoms with Crippen molar-refractivity contribution >= 4 is 11.7 Å². The van der Waals surface area contributed by atoms with Gasteiger partial charge in [0.2, 0.25) is 5.91 Å². The quantitative estimate of drug-likeness (QED) is 0.336. The molecular weight excluding hydrogens is 497 g/mol. The van der Waals surface area contributed by atoms with Gasteiger partial charge in [0.15, 0.2) is 5.84 Å². The molecule has 1 aromatic heterocycles. The molecule has 1 aromatic carbocycles. The minimum absolute atomic E-state index is 0.0198. The lowest BCUT2D eigenvalue weighted by Crippen LogP contribution is -2.45. The zero-order valence-corrected chi connectivity index (χ0v) is 18.0. The topological polar surface area (TPSA) is 85.3 Å². The van der Waals surface area contributed by atoms with E-state index in [0.29, 0.717) is 11.7 Å². The van der Waals surface area contributed by atoms with Crippen LogP contribution in [0.2, 0.25) is 0 Å². The molecule has 0 saturated heterocycles. The molecule has 2 rings (SSSR count). The Morgan fingerprint density at radius 3 is 2.26 bits per heavy atom. The molecule has 0 spiro atoms. The fourth-order valence-electron chi connectivity index (χ4n) is 2.83. The van der Waals surface area contributed by atoms with E-state index in [0.717, 1.165) is 18.5 Å². The van der Waals surface area contributed by atoms with Crippen LogP contribution < -0.4 is 11.1 Å². The number of aromatic nitrogens is 2. The van der Waals surface area contributed by atoms with Crippen molar-refractivity contribution in [2.45, 2.75) is 38.2 Å². The molecule has 0 fully saturated rings. The van der Waals surface area contributed by atoms with E-state index in [9.17, 15) is 44.3 Å². The molecule has 0 aliphatic heterocycles. The summed E-state index contributed by atoms with van der Waals surface area (Å²) >= 11 is 0. The number of benzene rings is 1. The largest absolute Gasteiger partial charge is 0.459 e. The minimum Gasteiger partial charge on any atom is -0.396 e. The normalized spacial score (nSPS) is 14.1. The van der Waals surface area contributed by atoms with Gasteiger partial charge >= 0.3 is 18.3 Å². The van der Waals surface area contributed by atoms with Crippen LogP contribution in [-0.2, 0) is 11.3 Å². The molecule has 0 unspecified atom stereocenters. The van der Waals surface area contributed by atoms with E-state index in [4.69, 9.17) is 5.73 Å². The second kappa shape index (κ2) is 10.00. The number of rotatable bonds is 6. The van der Waals surface area contributed by atoms with Crippen LogP contribution in [0.5, 0.6) is 0 Å². The highest BCUT2D eigenvalue weighted by atomic mass is 19.4. The third-order valence-corrected chi connectivity index (χ3v) is 4.66. The van der Waals surface area contributed by atoms with Crippen LogP contribution in [0.15, 0.2) is 46.9 Å². The average Bonchev–Trinajstić information content (AvgIpc) is 3.24. The Morgan fingerprint density at radius 2 is 1.74 bits per heavy atom. The molecule has 0 atom stereocenters. The van der Waals surface area contributed by atoms with Crippen molar-refractivity contribution in [3.05, 3.63) is 53.2 Å². The van der Waals surface area contributed by atoms with Crippen molar-refractivity contribution in [3.63, 3.8) is 0 Å². The lowest BCUT2D eigenvalue weighted by Gasteiger charge is -2.24. The van der Waals surface area contributed by atoms with E-state index in [1.54, 1.807) is 6.92 Å². The first-order valence-electron chi connectivity index (χ1n) is 9.64. The van der Waals surface area contributed by atoms with Crippen LogP contribution in [-0.4, -0.2) is 46.8 Å². The molecule has 0 aliphatic carbocycles. The van der Waals surface area contributed by atoms with Gasteiger partial charge in [0, 0.05) is 37.3 Å². The molecule has 2 aromatic rings. The SMILES string of the molecule is CCC(=O)NCc1cc(-c2cnn(C(=NC)C(=C(N)C(F)(F)C(F)(F)F)C(F)(F)F)c2)ccc1F. The van der Waals surface area contributed by atoms with Crippen LogP contribution >= 0.6 is 0 Å².